The van der Waals surface area contributed by atoms with Crippen molar-refractivity contribution in [2.45, 2.75) is 26.4 Å². The maximum absolute atomic E-state index is 13.8. The number of nitrogens with one attached hydrogen (secondary N) is 1. The van der Waals surface area contributed by atoms with Crippen LogP contribution in [0.15, 0.2) is 66.7 Å². The number of hydrogen-bond acceptors (Lipinski definition) is 3. The molecule has 0 aliphatic heterocycles. The predicted molar refractivity (Wildman–Crippen MR) is 128 cm³/mol. The molecule has 5 nitrogen and oxygen atoms in total. The number of halogens is 1. The Hall–Kier alpha value is -3.64. The molecule has 0 aliphatic rings. The average molecular weight is 447 g/mol. The summed E-state index contributed by atoms with van der Waals surface area (Å²) in [5.74, 6) is -0.496. The van der Waals surface area contributed by atoms with Crippen LogP contribution in [0.3, 0.4) is 0 Å². The molecule has 170 valence electrons. The van der Waals surface area contributed by atoms with E-state index in [9.17, 15) is 14.3 Å². The van der Waals surface area contributed by atoms with E-state index in [-0.39, 0.29) is 18.1 Å². The molecular weight excluding hydrogens is 419 g/mol. The molecule has 0 fully saturated rings. The lowest BCUT2D eigenvalue weighted by atomic mass is 10.1. The van der Waals surface area contributed by atoms with Gasteiger partial charge in [0, 0.05) is 29.6 Å². The van der Waals surface area contributed by atoms with E-state index in [1.807, 2.05) is 55.5 Å². The molecule has 0 unspecified atom stereocenters. The van der Waals surface area contributed by atoms with Crippen molar-refractivity contribution in [3.05, 3.63) is 100 Å². The van der Waals surface area contributed by atoms with E-state index in [1.165, 1.54) is 12.1 Å². The third-order valence-electron chi connectivity index (χ3n) is 5.82. The van der Waals surface area contributed by atoms with Gasteiger partial charge in [0.1, 0.15) is 17.3 Å². The van der Waals surface area contributed by atoms with Crippen molar-refractivity contribution in [2.24, 2.45) is 0 Å². The van der Waals surface area contributed by atoms with Crippen LogP contribution >= 0.6 is 0 Å². The van der Waals surface area contributed by atoms with Gasteiger partial charge in [0.15, 0.2) is 0 Å². The molecule has 2 N–H and O–H groups in total. The molecule has 1 heterocycles. The zero-order valence-electron chi connectivity index (χ0n) is 18.8. The zero-order valence-corrected chi connectivity index (χ0v) is 18.8. The van der Waals surface area contributed by atoms with Crippen LogP contribution in [0.1, 0.15) is 32.7 Å². The smallest absolute Gasteiger partial charge is 0.352 e. The van der Waals surface area contributed by atoms with E-state index in [0.29, 0.717) is 18.7 Å². The number of ether oxygens (including phenoxy) is 1. The van der Waals surface area contributed by atoms with Crippen molar-refractivity contribution >= 4 is 16.9 Å². The van der Waals surface area contributed by atoms with Crippen LogP contribution in [0.25, 0.3) is 10.9 Å². The van der Waals surface area contributed by atoms with E-state index in [0.717, 1.165) is 39.8 Å². The van der Waals surface area contributed by atoms with Gasteiger partial charge >= 0.3 is 5.97 Å². The molecule has 4 rings (SSSR count). The maximum Gasteiger partial charge on any atom is 0.352 e. The summed E-state index contributed by atoms with van der Waals surface area (Å²) >= 11 is 0. The normalized spacial score (nSPS) is 11.1. The molecule has 0 amide bonds. The topological polar surface area (TPSA) is 63.5 Å². The number of aromatic nitrogens is 1. The van der Waals surface area contributed by atoms with Crippen LogP contribution in [0.4, 0.5) is 4.39 Å². The molecule has 0 saturated heterocycles. The Kier molecular flexibility index (Phi) is 6.75. The maximum atomic E-state index is 13.8. The quantitative estimate of drug-likeness (QED) is 0.348. The van der Waals surface area contributed by atoms with Gasteiger partial charge in [-0.2, -0.15) is 0 Å². The Labute approximate surface area is 192 Å². The van der Waals surface area contributed by atoms with Gasteiger partial charge in [-0.15, -0.1) is 0 Å². The molecular formula is C27H27FN2O3. The highest BCUT2D eigenvalue weighted by atomic mass is 19.1. The Morgan fingerprint density at radius 2 is 1.91 bits per heavy atom. The van der Waals surface area contributed by atoms with Crippen molar-refractivity contribution in [2.75, 3.05) is 13.7 Å². The zero-order chi connectivity index (χ0) is 23.4. The molecule has 4 aromatic rings. The molecule has 3 aromatic carbocycles. The fourth-order valence-corrected chi connectivity index (χ4v) is 4.28. The number of aryl methyl sites for hydroxylation is 1. The first-order chi connectivity index (χ1) is 16.0. The molecule has 0 saturated carbocycles. The monoisotopic (exact) mass is 446 g/mol. The number of methoxy groups -OCH3 is 1. The van der Waals surface area contributed by atoms with Crippen LogP contribution in [-0.4, -0.2) is 29.3 Å². The van der Waals surface area contributed by atoms with Gasteiger partial charge in [-0.25, -0.2) is 9.18 Å². The number of carbonyl (C=O) groups is 1. The molecule has 0 aliphatic carbocycles. The number of aromatic carboxylic acids is 1. The minimum absolute atomic E-state index is 0.227. The highest BCUT2D eigenvalue weighted by molar-refractivity contribution is 5.98. The summed E-state index contributed by atoms with van der Waals surface area (Å²) in [6.07, 6.45) is 0.757. The summed E-state index contributed by atoms with van der Waals surface area (Å²) in [6, 6.07) is 20.1. The van der Waals surface area contributed by atoms with E-state index >= 15 is 0 Å². The molecule has 6 heteroatoms. The molecule has 1 aromatic heterocycles. The summed E-state index contributed by atoms with van der Waals surface area (Å²) in [5.41, 5.74) is 4.63. The lowest BCUT2D eigenvalue weighted by molar-refractivity contribution is 0.0684. The van der Waals surface area contributed by atoms with Gasteiger partial charge in [0.2, 0.25) is 0 Å². The minimum Gasteiger partial charge on any atom is -0.496 e. The standard InChI is InChI=1S/C27H27FN2O3/c1-18-10-11-22-23(16-29-13-12-20-7-3-4-9-25(20)33-2)26(27(31)32)30(24(22)14-18)17-19-6-5-8-21(28)15-19/h3-11,14-15,29H,12-13,16-17H2,1-2H3,(H,31,32). The van der Waals surface area contributed by atoms with E-state index in [2.05, 4.69) is 5.32 Å². The van der Waals surface area contributed by atoms with Gasteiger partial charge in [-0.1, -0.05) is 42.5 Å². The number of carboxylic acid groups (broad SMARTS) is 1. The lowest BCUT2D eigenvalue weighted by Crippen LogP contribution is -2.19. The second-order valence-electron chi connectivity index (χ2n) is 8.11. The number of hydrogen-bond donors (Lipinski definition) is 2. The van der Waals surface area contributed by atoms with Crippen molar-refractivity contribution < 1.29 is 19.0 Å². The molecule has 33 heavy (non-hydrogen) atoms. The van der Waals surface area contributed by atoms with Gasteiger partial charge in [-0.05, 0) is 60.8 Å². The van der Waals surface area contributed by atoms with E-state index in [4.69, 9.17) is 4.74 Å². The Bertz CT molecular complexity index is 1300. The third-order valence-corrected chi connectivity index (χ3v) is 5.82. The fraction of sp³-hybridized carbons (Fsp3) is 0.222. The molecule has 0 radical (unpaired) electrons. The second-order valence-corrected chi connectivity index (χ2v) is 8.11. The van der Waals surface area contributed by atoms with E-state index in [1.54, 1.807) is 17.7 Å². The van der Waals surface area contributed by atoms with Crippen LogP contribution in [-0.2, 0) is 19.5 Å². The third kappa shape index (κ3) is 4.91. The van der Waals surface area contributed by atoms with Gasteiger partial charge < -0.3 is 19.7 Å². The Balaban J connectivity index is 1.64. The number of benzene rings is 3. The van der Waals surface area contributed by atoms with Gasteiger partial charge in [-0.3, -0.25) is 0 Å². The first-order valence-electron chi connectivity index (χ1n) is 10.9. The number of para-hydroxylation sites is 1. The average Bonchev–Trinajstić information content (AvgIpc) is 3.09. The predicted octanol–water partition coefficient (Wildman–Crippen LogP) is 5.18. The van der Waals surface area contributed by atoms with Gasteiger partial charge in [0.25, 0.3) is 0 Å². The van der Waals surface area contributed by atoms with Crippen LogP contribution in [0.5, 0.6) is 5.75 Å². The number of rotatable bonds is 9. The Morgan fingerprint density at radius 1 is 1.09 bits per heavy atom. The first kappa shape index (κ1) is 22.6. The number of fused-ring (bicyclic) bond motifs is 1. The number of carboxylic acids is 1. The summed E-state index contributed by atoms with van der Waals surface area (Å²) in [6.45, 7) is 3.33. The number of nitrogens with zero attached hydrogens (tertiary/aromatic N) is 1. The minimum atomic E-state index is -0.998. The fourth-order valence-electron chi connectivity index (χ4n) is 4.28. The largest absolute Gasteiger partial charge is 0.496 e. The van der Waals surface area contributed by atoms with Crippen LogP contribution in [0.2, 0.25) is 0 Å². The van der Waals surface area contributed by atoms with Crippen molar-refractivity contribution in [1.29, 1.82) is 0 Å². The molecule has 0 atom stereocenters. The van der Waals surface area contributed by atoms with Crippen molar-refractivity contribution in [3.8, 4) is 5.75 Å². The van der Waals surface area contributed by atoms with Crippen molar-refractivity contribution in [3.63, 3.8) is 0 Å². The summed E-state index contributed by atoms with van der Waals surface area (Å²) in [4.78, 5) is 12.4. The summed E-state index contributed by atoms with van der Waals surface area (Å²) < 4.78 is 21.0. The van der Waals surface area contributed by atoms with Gasteiger partial charge in [0.05, 0.1) is 7.11 Å². The first-order valence-corrected chi connectivity index (χ1v) is 10.9. The van der Waals surface area contributed by atoms with Crippen molar-refractivity contribution in [1.82, 2.24) is 9.88 Å². The Morgan fingerprint density at radius 3 is 2.67 bits per heavy atom. The molecule has 0 bridgehead atoms. The lowest BCUT2D eigenvalue weighted by Gasteiger charge is -2.11. The van der Waals surface area contributed by atoms with Crippen LogP contribution < -0.4 is 10.1 Å². The summed E-state index contributed by atoms with van der Waals surface area (Å²) in [7, 11) is 1.65. The van der Waals surface area contributed by atoms with E-state index < -0.39 is 5.97 Å². The molecule has 0 spiro atoms. The SMILES string of the molecule is COc1ccccc1CCNCc1c(C(=O)O)n(Cc2cccc(F)c2)c2cc(C)ccc12. The highest BCUT2D eigenvalue weighted by Crippen LogP contribution is 2.29. The second kappa shape index (κ2) is 9.88. The highest BCUT2D eigenvalue weighted by Gasteiger charge is 2.22. The summed E-state index contributed by atoms with van der Waals surface area (Å²) in [5, 5.41) is 14.4. The van der Waals surface area contributed by atoms with Crippen LogP contribution in [0, 0.1) is 12.7 Å².